The van der Waals surface area contributed by atoms with E-state index >= 15 is 0 Å². The number of anilines is 2. The molecule has 0 saturated carbocycles. The van der Waals surface area contributed by atoms with E-state index in [0.29, 0.717) is 58.6 Å². The van der Waals surface area contributed by atoms with Gasteiger partial charge in [-0.25, -0.2) is 9.78 Å². The van der Waals surface area contributed by atoms with Crippen molar-refractivity contribution in [1.29, 1.82) is 0 Å². The first-order chi connectivity index (χ1) is 20.8. The highest BCUT2D eigenvalue weighted by Gasteiger charge is 2.16. The van der Waals surface area contributed by atoms with Gasteiger partial charge in [-0.15, -0.1) is 0 Å². The Kier molecular flexibility index (Phi) is 8.25. The zero-order valence-electron chi connectivity index (χ0n) is 23.6. The number of carboxylic acid groups (broad SMARTS) is 1. The van der Waals surface area contributed by atoms with Crippen molar-refractivity contribution in [3.05, 3.63) is 116 Å². The summed E-state index contributed by atoms with van der Waals surface area (Å²) in [6.07, 6.45) is 4.15. The molecule has 6 N–H and O–H groups in total. The van der Waals surface area contributed by atoms with Crippen molar-refractivity contribution >= 4 is 28.6 Å². The van der Waals surface area contributed by atoms with E-state index in [1.807, 2.05) is 48.5 Å². The first-order valence-corrected chi connectivity index (χ1v) is 13.3. The minimum atomic E-state index is -1.28. The normalized spacial score (nSPS) is 10.7. The number of carbonyl (C=O) groups is 1. The van der Waals surface area contributed by atoms with Gasteiger partial charge in [0.05, 0.1) is 19.8 Å². The molecule has 0 unspecified atom stereocenters. The fraction of sp³-hybridized carbons (Fsp3) is 0.152. The summed E-state index contributed by atoms with van der Waals surface area (Å²) in [6.45, 7) is 0. The number of rotatable bonds is 8. The lowest BCUT2D eigenvalue weighted by Crippen LogP contribution is -2.16. The molecule has 2 heterocycles. The maximum atomic E-state index is 12.9. The number of H-pyrrole nitrogens is 1. The Hall–Kier alpha value is -5.82. The molecular weight excluding hydrogens is 546 g/mol. The van der Waals surface area contributed by atoms with Crippen LogP contribution in [0.5, 0.6) is 11.5 Å². The SMILES string of the molecule is COc1cc(Cc2cnc(N)nc2N)cc(C#CCc2cc3[nH]cc(C(=O)O)c(=O)c3cc2Cc2ccccc2)c1OC. The zero-order valence-corrected chi connectivity index (χ0v) is 23.6. The summed E-state index contributed by atoms with van der Waals surface area (Å²) in [5.74, 6) is 6.61. The smallest absolute Gasteiger partial charge is 0.341 e. The van der Waals surface area contributed by atoms with Crippen molar-refractivity contribution in [1.82, 2.24) is 15.0 Å². The van der Waals surface area contributed by atoms with Gasteiger partial charge >= 0.3 is 5.97 Å². The van der Waals surface area contributed by atoms with E-state index in [1.165, 1.54) is 6.20 Å². The second-order valence-corrected chi connectivity index (χ2v) is 9.84. The molecule has 43 heavy (non-hydrogen) atoms. The third-order valence-electron chi connectivity index (χ3n) is 7.02. The fourth-order valence-corrected chi connectivity index (χ4v) is 4.90. The molecule has 0 radical (unpaired) electrons. The Labute approximate surface area is 247 Å². The molecule has 5 rings (SSSR count). The van der Waals surface area contributed by atoms with Crippen molar-refractivity contribution in [3.63, 3.8) is 0 Å². The second kappa shape index (κ2) is 12.4. The van der Waals surface area contributed by atoms with Crippen LogP contribution in [0.2, 0.25) is 0 Å². The monoisotopic (exact) mass is 575 g/mol. The first kappa shape index (κ1) is 28.7. The summed E-state index contributed by atoms with van der Waals surface area (Å²) in [7, 11) is 3.11. The zero-order chi connectivity index (χ0) is 30.5. The van der Waals surface area contributed by atoms with Gasteiger partial charge in [0.15, 0.2) is 11.5 Å². The molecular formula is C33H29N5O5. The summed E-state index contributed by atoms with van der Waals surface area (Å²) in [5.41, 5.74) is 16.4. The summed E-state index contributed by atoms with van der Waals surface area (Å²) >= 11 is 0. The van der Waals surface area contributed by atoms with Crippen LogP contribution >= 0.6 is 0 Å². The van der Waals surface area contributed by atoms with E-state index < -0.39 is 11.4 Å². The third kappa shape index (κ3) is 6.26. The number of nitrogens with one attached hydrogen (secondary N) is 1. The largest absolute Gasteiger partial charge is 0.493 e. The van der Waals surface area contributed by atoms with Gasteiger partial charge in [-0.1, -0.05) is 42.2 Å². The molecule has 3 aromatic carbocycles. The van der Waals surface area contributed by atoms with Gasteiger partial charge in [0.2, 0.25) is 11.4 Å². The van der Waals surface area contributed by atoms with Crippen LogP contribution in [0.4, 0.5) is 11.8 Å². The van der Waals surface area contributed by atoms with E-state index in [-0.39, 0.29) is 11.5 Å². The minimum Gasteiger partial charge on any atom is -0.493 e. The summed E-state index contributed by atoms with van der Waals surface area (Å²) in [6, 6.07) is 17.2. The number of nitrogens with zero attached hydrogens (tertiary/aromatic N) is 2. The predicted octanol–water partition coefficient (Wildman–Crippen LogP) is 3.97. The molecule has 0 aliphatic carbocycles. The Bertz CT molecular complexity index is 1960. The number of fused-ring (bicyclic) bond motifs is 1. The van der Waals surface area contributed by atoms with Crippen LogP contribution in [-0.2, 0) is 19.3 Å². The molecule has 10 nitrogen and oxygen atoms in total. The average molecular weight is 576 g/mol. The second-order valence-electron chi connectivity index (χ2n) is 9.84. The number of pyridine rings is 1. The maximum Gasteiger partial charge on any atom is 0.341 e. The molecule has 0 aliphatic heterocycles. The summed E-state index contributed by atoms with van der Waals surface area (Å²) in [5, 5.41) is 9.75. The van der Waals surface area contributed by atoms with Gasteiger partial charge in [-0.05, 0) is 52.9 Å². The van der Waals surface area contributed by atoms with Crippen LogP contribution in [-0.4, -0.2) is 40.2 Å². The van der Waals surface area contributed by atoms with Crippen LogP contribution < -0.4 is 26.4 Å². The van der Waals surface area contributed by atoms with Crippen LogP contribution in [0.3, 0.4) is 0 Å². The number of hydrogen-bond acceptors (Lipinski definition) is 8. The molecule has 0 bridgehead atoms. The van der Waals surface area contributed by atoms with Gasteiger partial charge in [0.25, 0.3) is 0 Å². The highest BCUT2D eigenvalue weighted by atomic mass is 16.5. The van der Waals surface area contributed by atoms with Crippen molar-refractivity contribution in [2.45, 2.75) is 19.3 Å². The quantitative estimate of drug-likeness (QED) is 0.200. The Morgan fingerprint density at radius 3 is 2.44 bits per heavy atom. The molecule has 10 heteroatoms. The highest BCUT2D eigenvalue weighted by Crippen LogP contribution is 2.33. The van der Waals surface area contributed by atoms with Crippen molar-refractivity contribution < 1.29 is 19.4 Å². The van der Waals surface area contributed by atoms with Crippen LogP contribution in [0.25, 0.3) is 10.9 Å². The molecule has 5 aromatic rings. The Morgan fingerprint density at radius 2 is 1.74 bits per heavy atom. The number of nitrogens with two attached hydrogens (primary N) is 2. The molecule has 0 spiro atoms. The number of aromatic nitrogens is 3. The van der Waals surface area contributed by atoms with E-state index in [0.717, 1.165) is 22.3 Å². The van der Waals surface area contributed by atoms with E-state index in [1.54, 1.807) is 26.5 Å². The van der Waals surface area contributed by atoms with Gasteiger partial charge in [0.1, 0.15) is 11.4 Å². The van der Waals surface area contributed by atoms with E-state index in [9.17, 15) is 14.7 Å². The lowest BCUT2D eigenvalue weighted by molar-refractivity contribution is 0.0695. The number of carboxylic acids is 1. The molecule has 0 atom stereocenters. The molecule has 0 fully saturated rings. The Balaban J connectivity index is 1.54. The number of ether oxygens (including phenoxy) is 2. The maximum absolute atomic E-state index is 12.9. The molecule has 216 valence electrons. The van der Waals surface area contributed by atoms with Gasteiger partial charge < -0.3 is 31.0 Å². The van der Waals surface area contributed by atoms with Crippen molar-refractivity contribution in [3.8, 4) is 23.3 Å². The average Bonchev–Trinajstić information content (AvgIpc) is 2.99. The van der Waals surface area contributed by atoms with Crippen molar-refractivity contribution in [2.24, 2.45) is 0 Å². The van der Waals surface area contributed by atoms with Gasteiger partial charge in [0, 0.05) is 41.7 Å². The fourth-order valence-electron chi connectivity index (χ4n) is 4.90. The third-order valence-corrected chi connectivity index (χ3v) is 7.02. The van der Waals surface area contributed by atoms with Crippen LogP contribution in [0.1, 0.15) is 43.7 Å². The standard InChI is InChI=1S/C33H29N5O5/c1-42-28-14-20(13-24-17-37-33(35)38-31(24)34)12-22(30(28)43-2)10-6-9-21-16-27-25(29(39)26(18-36-27)32(40)41)15-23(21)11-19-7-4-3-5-8-19/h3-5,7-8,12,14-18H,9,11,13H2,1-2H3,(H,36,39)(H,40,41)(H4,34,35,37,38). The lowest BCUT2D eigenvalue weighted by Gasteiger charge is -2.13. The van der Waals surface area contributed by atoms with Crippen LogP contribution in [0.15, 0.2) is 71.8 Å². The topological polar surface area (TPSA) is 166 Å². The number of hydrogen-bond donors (Lipinski definition) is 4. The molecule has 0 amide bonds. The summed E-state index contributed by atoms with van der Waals surface area (Å²) in [4.78, 5) is 35.6. The molecule has 2 aromatic heterocycles. The van der Waals surface area contributed by atoms with Crippen LogP contribution in [0, 0.1) is 11.8 Å². The molecule has 0 saturated heterocycles. The first-order valence-electron chi connectivity index (χ1n) is 13.3. The van der Waals surface area contributed by atoms with E-state index in [2.05, 4.69) is 26.8 Å². The number of methoxy groups -OCH3 is 2. The van der Waals surface area contributed by atoms with Gasteiger partial charge in [-0.2, -0.15) is 4.98 Å². The van der Waals surface area contributed by atoms with Crippen molar-refractivity contribution in [2.75, 3.05) is 25.7 Å². The number of aromatic carboxylic acids is 1. The summed E-state index contributed by atoms with van der Waals surface area (Å²) < 4.78 is 11.2. The minimum absolute atomic E-state index is 0.104. The van der Waals surface area contributed by atoms with Gasteiger partial charge in [-0.3, -0.25) is 4.79 Å². The Morgan fingerprint density at radius 1 is 0.977 bits per heavy atom. The lowest BCUT2D eigenvalue weighted by atomic mass is 9.95. The predicted molar refractivity (Wildman–Crippen MR) is 165 cm³/mol. The number of benzene rings is 3. The van der Waals surface area contributed by atoms with E-state index in [4.69, 9.17) is 20.9 Å². The number of nitrogen functional groups attached to an aromatic ring is 2. The molecule has 0 aliphatic rings. The number of aromatic amines is 1. The highest BCUT2D eigenvalue weighted by molar-refractivity contribution is 5.92.